The second-order valence-electron chi connectivity index (χ2n) is 2.33. The Labute approximate surface area is 62.3 Å². The maximum Gasteiger partial charge on any atom is 0.0466 e. The van der Waals surface area contributed by atoms with Crippen LogP contribution < -0.4 is 0 Å². The van der Waals surface area contributed by atoms with Crippen molar-refractivity contribution in [3.8, 4) is 0 Å². The smallest absolute Gasteiger partial charge is 0.0466 e. The van der Waals surface area contributed by atoms with Gasteiger partial charge in [-0.2, -0.15) is 0 Å². The second kappa shape index (κ2) is 6.37. The summed E-state index contributed by atoms with van der Waals surface area (Å²) in [7, 11) is 0. The number of ether oxygens (including phenoxy) is 1. The topological polar surface area (TPSA) is 9.23 Å². The Hall–Kier alpha value is 0.250. The first-order valence-electron chi connectivity index (χ1n) is 3.45. The molecule has 56 valence electrons. The average molecular weight is 151 g/mol. The maximum atomic E-state index is 5.27. The Morgan fingerprint density at radius 2 is 1.56 bits per heavy atom. The van der Waals surface area contributed by atoms with Crippen molar-refractivity contribution < 1.29 is 4.74 Å². The van der Waals surface area contributed by atoms with Gasteiger partial charge < -0.3 is 4.74 Å². The molecule has 1 saturated heterocycles. The molecule has 0 spiro atoms. The molecule has 0 N–H and O–H groups in total. The summed E-state index contributed by atoms with van der Waals surface area (Å²) in [4.78, 5) is 0. The Morgan fingerprint density at radius 3 is 1.67 bits per heavy atom. The molecule has 1 aliphatic heterocycles. The van der Waals surface area contributed by atoms with Crippen LogP contribution in [0.25, 0.3) is 0 Å². The normalized spacial score (nSPS) is 17.3. The molecule has 0 aromatic heterocycles. The molecule has 0 saturated carbocycles. The first-order chi connectivity index (χ1) is 4.23. The van der Waals surface area contributed by atoms with Gasteiger partial charge in [-0.15, -0.1) is 11.6 Å². The van der Waals surface area contributed by atoms with E-state index in [2.05, 4.69) is 0 Å². The van der Waals surface area contributed by atoms with Crippen molar-refractivity contribution in [3.05, 3.63) is 0 Å². The Kier molecular flexibility index (Phi) is 6.55. The van der Waals surface area contributed by atoms with E-state index in [-0.39, 0.29) is 0 Å². The molecule has 0 aliphatic carbocycles. The summed E-state index contributed by atoms with van der Waals surface area (Å²) in [6.07, 6.45) is 2.56. The van der Waals surface area contributed by atoms with Gasteiger partial charge in [-0.1, -0.05) is 0 Å². The molecular formula is C7H15ClO. The zero-order valence-corrected chi connectivity index (χ0v) is 6.95. The van der Waals surface area contributed by atoms with E-state index in [1.807, 2.05) is 13.8 Å². The lowest BCUT2D eigenvalue weighted by Crippen LogP contribution is -1.74. The lowest BCUT2D eigenvalue weighted by Gasteiger charge is -1.76. The molecule has 0 aromatic carbocycles. The van der Waals surface area contributed by atoms with Crippen LogP contribution >= 0.6 is 11.6 Å². The first-order valence-corrected chi connectivity index (χ1v) is 3.89. The molecule has 0 aromatic rings. The van der Waals surface area contributed by atoms with E-state index in [1.165, 1.54) is 12.8 Å². The average Bonchev–Trinajstić information content (AvgIpc) is 2.11. The van der Waals surface area contributed by atoms with Gasteiger partial charge in [0.2, 0.25) is 0 Å². The van der Waals surface area contributed by atoms with Crippen LogP contribution in [0.4, 0.5) is 0 Å². The van der Waals surface area contributed by atoms with E-state index in [0.29, 0.717) is 5.38 Å². The van der Waals surface area contributed by atoms with Crippen LogP contribution in [-0.2, 0) is 4.74 Å². The first kappa shape index (κ1) is 9.25. The molecule has 1 aliphatic rings. The molecule has 0 radical (unpaired) electrons. The fourth-order valence-electron chi connectivity index (χ4n) is 0.510. The summed E-state index contributed by atoms with van der Waals surface area (Å²) in [5.41, 5.74) is 0. The molecule has 1 fully saturated rings. The third kappa shape index (κ3) is 11.7. The summed E-state index contributed by atoms with van der Waals surface area (Å²) >= 11 is 5.27. The van der Waals surface area contributed by atoms with E-state index in [9.17, 15) is 0 Å². The highest BCUT2D eigenvalue weighted by atomic mass is 35.5. The Balaban J connectivity index is 0.000000148. The number of hydrogen-bond donors (Lipinski definition) is 0. The van der Waals surface area contributed by atoms with E-state index in [0.717, 1.165) is 13.2 Å². The molecule has 1 nitrogen and oxygen atoms in total. The second-order valence-corrected chi connectivity index (χ2v) is 3.21. The van der Waals surface area contributed by atoms with Gasteiger partial charge in [0.15, 0.2) is 0 Å². The van der Waals surface area contributed by atoms with E-state index >= 15 is 0 Å². The van der Waals surface area contributed by atoms with Gasteiger partial charge >= 0.3 is 0 Å². The minimum Gasteiger partial charge on any atom is -0.381 e. The van der Waals surface area contributed by atoms with Gasteiger partial charge in [0, 0.05) is 18.6 Å². The highest BCUT2D eigenvalue weighted by Gasteiger charge is 1.94. The maximum absolute atomic E-state index is 5.27. The quantitative estimate of drug-likeness (QED) is 0.482. The van der Waals surface area contributed by atoms with Crippen molar-refractivity contribution in [3.63, 3.8) is 0 Å². The number of alkyl halides is 1. The largest absolute Gasteiger partial charge is 0.381 e. The van der Waals surface area contributed by atoms with Crippen LogP contribution in [0.5, 0.6) is 0 Å². The third-order valence-corrected chi connectivity index (χ3v) is 0.827. The van der Waals surface area contributed by atoms with Crippen molar-refractivity contribution in [1.82, 2.24) is 0 Å². The Morgan fingerprint density at radius 1 is 1.22 bits per heavy atom. The summed E-state index contributed by atoms with van der Waals surface area (Å²) in [5, 5.41) is 0.306. The van der Waals surface area contributed by atoms with Gasteiger partial charge in [0.05, 0.1) is 0 Å². The molecule has 0 unspecified atom stereocenters. The highest BCUT2D eigenvalue weighted by Crippen LogP contribution is 1.98. The molecule has 0 bridgehead atoms. The third-order valence-electron chi connectivity index (χ3n) is 0.827. The number of hydrogen-bond acceptors (Lipinski definition) is 1. The lowest BCUT2D eigenvalue weighted by molar-refractivity contribution is 0.198. The van der Waals surface area contributed by atoms with Crippen molar-refractivity contribution in [2.24, 2.45) is 0 Å². The summed E-state index contributed by atoms with van der Waals surface area (Å²) in [6.45, 7) is 5.86. The minimum absolute atomic E-state index is 0.306. The van der Waals surface area contributed by atoms with Crippen LogP contribution in [0, 0.1) is 0 Å². The standard InChI is InChI=1S/C4H8O.C3H7Cl/c1-2-4-5-3-1;1-3(2)4/h1-4H2;3H,1-2H3. The van der Waals surface area contributed by atoms with Crippen molar-refractivity contribution in [2.45, 2.75) is 32.1 Å². The monoisotopic (exact) mass is 150 g/mol. The van der Waals surface area contributed by atoms with Gasteiger partial charge in [0.25, 0.3) is 0 Å². The van der Waals surface area contributed by atoms with Crippen LogP contribution in [0.15, 0.2) is 0 Å². The van der Waals surface area contributed by atoms with Crippen LogP contribution in [-0.4, -0.2) is 18.6 Å². The van der Waals surface area contributed by atoms with Crippen molar-refractivity contribution in [2.75, 3.05) is 13.2 Å². The minimum atomic E-state index is 0.306. The predicted molar refractivity (Wildman–Crippen MR) is 41.0 cm³/mol. The SMILES string of the molecule is C1CCOC1.CC(C)Cl. The number of rotatable bonds is 0. The molecule has 0 amide bonds. The molecule has 9 heavy (non-hydrogen) atoms. The van der Waals surface area contributed by atoms with Gasteiger partial charge in [0.1, 0.15) is 0 Å². The molecular weight excluding hydrogens is 136 g/mol. The van der Waals surface area contributed by atoms with Crippen LogP contribution in [0.2, 0.25) is 0 Å². The lowest BCUT2D eigenvalue weighted by atomic mass is 10.4. The van der Waals surface area contributed by atoms with E-state index in [4.69, 9.17) is 16.3 Å². The van der Waals surface area contributed by atoms with E-state index in [1.54, 1.807) is 0 Å². The van der Waals surface area contributed by atoms with E-state index < -0.39 is 0 Å². The van der Waals surface area contributed by atoms with Crippen molar-refractivity contribution >= 4 is 11.6 Å². The fraction of sp³-hybridized carbons (Fsp3) is 1.00. The van der Waals surface area contributed by atoms with Gasteiger partial charge in [-0.25, -0.2) is 0 Å². The zero-order valence-electron chi connectivity index (χ0n) is 6.19. The molecule has 1 heterocycles. The van der Waals surface area contributed by atoms with Crippen LogP contribution in [0.1, 0.15) is 26.7 Å². The molecule has 2 heteroatoms. The van der Waals surface area contributed by atoms with Gasteiger partial charge in [-0.05, 0) is 26.7 Å². The van der Waals surface area contributed by atoms with Gasteiger partial charge in [-0.3, -0.25) is 0 Å². The highest BCUT2D eigenvalue weighted by molar-refractivity contribution is 6.20. The molecule has 0 atom stereocenters. The summed E-state index contributed by atoms with van der Waals surface area (Å²) in [6, 6.07) is 0. The number of halogens is 1. The van der Waals surface area contributed by atoms with Crippen LogP contribution in [0.3, 0.4) is 0 Å². The van der Waals surface area contributed by atoms with Crippen molar-refractivity contribution in [1.29, 1.82) is 0 Å². The molecule has 1 rings (SSSR count). The predicted octanol–water partition coefficient (Wildman–Crippen LogP) is 2.43. The fourth-order valence-corrected chi connectivity index (χ4v) is 0.510. The summed E-state index contributed by atoms with van der Waals surface area (Å²) in [5.74, 6) is 0. The zero-order chi connectivity index (χ0) is 7.11. The Bertz CT molecular complexity index is 40.5. The summed E-state index contributed by atoms with van der Waals surface area (Å²) < 4.78 is 4.94.